The molecule has 1 amide bonds. The number of benzene rings is 1. The van der Waals surface area contributed by atoms with Crippen molar-refractivity contribution in [1.82, 2.24) is 10.2 Å². The molecule has 0 saturated carbocycles. The van der Waals surface area contributed by atoms with Gasteiger partial charge in [0.25, 0.3) is 0 Å². The van der Waals surface area contributed by atoms with Crippen LogP contribution in [0.25, 0.3) is 0 Å². The SMILES string of the molecule is COc1cccc(CC(=O)N[C@@H]2CN(C3CCSCC3)CC[C@@H]2O)c1. The number of likely N-dealkylation sites (tertiary alicyclic amines) is 1. The Labute approximate surface area is 154 Å². The van der Waals surface area contributed by atoms with Gasteiger partial charge in [0.05, 0.1) is 25.7 Å². The molecule has 2 aliphatic heterocycles. The van der Waals surface area contributed by atoms with E-state index in [4.69, 9.17) is 4.74 Å². The third-order valence-electron chi connectivity index (χ3n) is 5.16. The van der Waals surface area contributed by atoms with E-state index < -0.39 is 6.10 Å². The fourth-order valence-corrected chi connectivity index (χ4v) is 4.80. The first-order chi connectivity index (χ1) is 12.2. The Morgan fingerprint density at radius 1 is 1.36 bits per heavy atom. The number of carbonyl (C=O) groups is 1. The molecular weight excluding hydrogens is 336 g/mol. The standard InChI is InChI=1S/C19H28N2O3S/c1-24-16-4-2-3-14(11-16)12-19(23)20-17-13-21(8-5-18(17)22)15-6-9-25-10-7-15/h2-4,11,15,17-18,22H,5-10,12-13H2,1H3,(H,20,23)/t17-,18+/m1/s1. The smallest absolute Gasteiger partial charge is 0.224 e. The number of carbonyl (C=O) groups excluding carboxylic acids is 1. The van der Waals surface area contributed by atoms with Crippen LogP contribution in [0.3, 0.4) is 0 Å². The lowest BCUT2D eigenvalue weighted by atomic mass is 9.98. The summed E-state index contributed by atoms with van der Waals surface area (Å²) in [5.41, 5.74) is 0.920. The van der Waals surface area contributed by atoms with Gasteiger partial charge in [-0.2, -0.15) is 11.8 Å². The van der Waals surface area contributed by atoms with Crippen molar-refractivity contribution in [3.63, 3.8) is 0 Å². The highest BCUT2D eigenvalue weighted by atomic mass is 32.2. The maximum absolute atomic E-state index is 12.4. The summed E-state index contributed by atoms with van der Waals surface area (Å²) in [6.45, 7) is 1.68. The van der Waals surface area contributed by atoms with Crippen molar-refractivity contribution in [3.05, 3.63) is 29.8 Å². The third-order valence-corrected chi connectivity index (χ3v) is 6.21. The van der Waals surface area contributed by atoms with Gasteiger partial charge >= 0.3 is 0 Å². The van der Waals surface area contributed by atoms with E-state index in [0.717, 1.165) is 30.8 Å². The van der Waals surface area contributed by atoms with Crippen molar-refractivity contribution in [2.45, 2.75) is 43.9 Å². The molecule has 2 aliphatic rings. The second kappa shape index (κ2) is 8.92. The van der Waals surface area contributed by atoms with Crippen molar-refractivity contribution in [2.24, 2.45) is 0 Å². The molecule has 0 radical (unpaired) electrons. The zero-order chi connectivity index (χ0) is 17.6. The van der Waals surface area contributed by atoms with Gasteiger partial charge in [-0.15, -0.1) is 0 Å². The largest absolute Gasteiger partial charge is 0.497 e. The molecule has 6 heteroatoms. The molecule has 0 bridgehead atoms. The van der Waals surface area contributed by atoms with E-state index in [0.29, 0.717) is 12.5 Å². The minimum Gasteiger partial charge on any atom is -0.497 e. The van der Waals surface area contributed by atoms with E-state index in [9.17, 15) is 9.90 Å². The number of aliphatic hydroxyl groups is 1. The van der Waals surface area contributed by atoms with E-state index >= 15 is 0 Å². The number of methoxy groups -OCH3 is 1. The van der Waals surface area contributed by atoms with E-state index in [1.54, 1.807) is 7.11 Å². The Morgan fingerprint density at radius 2 is 2.16 bits per heavy atom. The topological polar surface area (TPSA) is 61.8 Å². The quantitative estimate of drug-likeness (QED) is 0.832. The Balaban J connectivity index is 1.55. The van der Waals surface area contributed by atoms with Crippen LogP contribution in [0.5, 0.6) is 5.75 Å². The zero-order valence-corrected chi connectivity index (χ0v) is 15.6. The second-order valence-electron chi connectivity index (χ2n) is 6.90. The Bertz CT molecular complexity index is 578. The molecule has 2 heterocycles. The summed E-state index contributed by atoms with van der Waals surface area (Å²) in [5.74, 6) is 3.15. The normalized spacial score (nSPS) is 25.5. The molecule has 0 unspecified atom stereocenters. The molecule has 1 aromatic rings. The molecule has 0 spiro atoms. The highest BCUT2D eigenvalue weighted by Gasteiger charge is 2.32. The molecule has 138 valence electrons. The molecule has 0 aromatic heterocycles. The van der Waals surface area contributed by atoms with Crippen LogP contribution in [0.4, 0.5) is 0 Å². The van der Waals surface area contributed by atoms with Gasteiger partial charge in [-0.05, 0) is 48.5 Å². The third kappa shape index (κ3) is 5.12. The number of aliphatic hydroxyl groups excluding tert-OH is 1. The van der Waals surface area contributed by atoms with Gasteiger partial charge in [-0.25, -0.2) is 0 Å². The average molecular weight is 365 g/mol. The number of nitrogens with zero attached hydrogens (tertiary/aromatic N) is 1. The van der Waals surface area contributed by atoms with Crippen LogP contribution in [0, 0.1) is 0 Å². The summed E-state index contributed by atoms with van der Waals surface area (Å²) in [6.07, 6.45) is 3.01. The zero-order valence-electron chi connectivity index (χ0n) is 14.8. The van der Waals surface area contributed by atoms with Crippen molar-refractivity contribution in [2.75, 3.05) is 31.7 Å². The predicted octanol–water partition coefficient (Wildman–Crippen LogP) is 1.68. The molecule has 5 nitrogen and oxygen atoms in total. The summed E-state index contributed by atoms with van der Waals surface area (Å²) in [7, 11) is 1.62. The Morgan fingerprint density at radius 3 is 2.92 bits per heavy atom. The fraction of sp³-hybridized carbons (Fsp3) is 0.632. The number of piperidine rings is 1. The molecule has 1 aromatic carbocycles. The van der Waals surface area contributed by atoms with Crippen molar-refractivity contribution >= 4 is 17.7 Å². The fourth-order valence-electron chi connectivity index (χ4n) is 3.71. The van der Waals surface area contributed by atoms with Crippen LogP contribution in [-0.2, 0) is 11.2 Å². The van der Waals surface area contributed by atoms with Gasteiger partial charge in [0.2, 0.25) is 5.91 Å². The molecule has 2 fully saturated rings. The van der Waals surface area contributed by atoms with E-state index in [1.807, 2.05) is 36.0 Å². The van der Waals surface area contributed by atoms with Gasteiger partial charge in [0.1, 0.15) is 5.75 Å². The number of rotatable bonds is 5. The number of nitrogens with one attached hydrogen (secondary N) is 1. The number of hydrogen-bond acceptors (Lipinski definition) is 5. The van der Waals surface area contributed by atoms with E-state index in [1.165, 1.54) is 24.3 Å². The van der Waals surface area contributed by atoms with Crippen LogP contribution >= 0.6 is 11.8 Å². The lowest BCUT2D eigenvalue weighted by Crippen LogP contribution is -2.57. The number of thioether (sulfide) groups is 1. The van der Waals surface area contributed by atoms with Crippen molar-refractivity contribution in [1.29, 1.82) is 0 Å². The molecule has 3 rings (SSSR count). The van der Waals surface area contributed by atoms with Crippen LogP contribution < -0.4 is 10.1 Å². The predicted molar refractivity (Wildman–Crippen MR) is 101 cm³/mol. The summed E-state index contributed by atoms with van der Waals surface area (Å²) in [6, 6.07) is 7.98. The van der Waals surface area contributed by atoms with Gasteiger partial charge in [-0.1, -0.05) is 12.1 Å². The number of ether oxygens (including phenoxy) is 1. The number of hydrogen-bond donors (Lipinski definition) is 2. The minimum atomic E-state index is -0.455. The maximum Gasteiger partial charge on any atom is 0.224 e. The second-order valence-corrected chi connectivity index (χ2v) is 8.12. The van der Waals surface area contributed by atoms with Gasteiger partial charge in [0.15, 0.2) is 0 Å². The Kier molecular flexibility index (Phi) is 6.62. The highest BCUT2D eigenvalue weighted by molar-refractivity contribution is 7.99. The summed E-state index contributed by atoms with van der Waals surface area (Å²) < 4.78 is 5.20. The maximum atomic E-state index is 12.4. The van der Waals surface area contributed by atoms with Crippen molar-refractivity contribution in [3.8, 4) is 5.75 Å². The lowest BCUT2D eigenvalue weighted by molar-refractivity contribution is -0.122. The number of amides is 1. The summed E-state index contributed by atoms with van der Waals surface area (Å²) >= 11 is 2.02. The molecule has 2 N–H and O–H groups in total. The first kappa shape index (κ1) is 18.5. The van der Waals surface area contributed by atoms with Crippen LogP contribution in [0.1, 0.15) is 24.8 Å². The summed E-state index contributed by atoms with van der Waals surface area (Å²) in [5, 5.41) is 13.4. The first-order valence-corrected chi connectivity index (χ1v) is 10.2. The van der Waals surface area contributed by atoms with Crippen LogP contribution in [0.2, 0.25) is 0 Å². The van der Waals surface area contributed by atoms with Crippen molar-refractivity contribution < 1.29 is 14.6 Å². The first-order valence-electron chi connectivity index (χ1n) is 9.08. The summed E-state index contributed by atoms with van der Waals surface area (Å²) in [4.78, 5) is 14.9. The average Bonchev–Trinajstić information content (AvgIpc) is 2.64. The van der Waals surface area contributed by atoms with Gasteiger partial charge in [-0.3, -0.25) is 9.69 Å². The lowest BCUT2D eigenvalue weighted by Gasteiger charge is -2.42. The van der Waals surface area contributed by atoms with E-state index in [-0.39, 0.29) is 11.9 Å². The van der Waals surface area contributed by atoms with Crippen LogP contribution in [-0.4, -0.2) is 65.8 Å². The molecule has 0 aliphatic carbocycles. The molecular formula is C19H28N2O3S. The highest BCUT2D eigenvalue weighted by Crippen LogP contribution is 2.25. The molecule has 25 heavy (non-hydrogen) atoms. The van der Waals surface area contributed by atoms with Crippen LogP contribution in [0.15, 0.2) is 24.3 Å². The molecule has 2 atom stereocenters. The van der Waals surface area contributed by atoms with Gasteiger partial charge in [0, 0.05) is 19.1 Å². The Hall–Kier alpha value is -1.24. The molecule has 2 saturated heterocycles. The van der Waals surface area contributed by atoms with E-state index in [2.05, 4.69) is 10.2 Å². The monoisotopic (exact) mass is 364 g/mol. The minimum absolute atomic E-state index is 0.0432. The van der Waals surface area contributed by atoms with Gasteiger partial charge < -0.3 is 15.2 Å².